The van der Waals surface area contributed by atoms with Gasteiger partial charge in [-0.1, -0.05) is 18.2 Å². The number of aromatic hydroxyl groups is 1. The number of aromatic carboxylic acids is 1. The van der Waals surface area contributed by atoms with Crippen LogP contribution in [0.3, 0.4) is 0 Å². The van der Waals surface area contributed by atoms with Crippen LogP contribution in [0.2, 0.25) is 0 Å². The summed E-state index contributed by atoms with van der Waals surface area (Å²) in [5, 5.41) is 18.9. The summed E-state index contributed by atoms with van der Waals surface area (Å²) >= 11 is 0. The zero-order chi connectivity index (χ0) is 13.3. The summed E-state index contributed by atoms with van der Waals surface area (Å²) in [5.74, 6) is -0.907. The topological polar surface area (TPSA) is 57.5 Å². The molecule has 0 atom stereocenters. The van der Waals surface area contributed by atoms with Gasteiger partial charge in [0.15, 0.2) is 0 Å². The third kappa shape index (κ3) is 2.07. The Bertz CT molecular complexity index is 615. The van der Waals surface area contributed by atoms with Crippen LogP contribution in [0.15, 0.2) is 36.4 Å². The molecule has 0 saturated heterocycles. The molecule has 2 aromatic carbocycles. The number of carbonyl (C=O) groups is 1. The fourth-order valence-corrected chi connectivity index (χ4v) is 1.93. The normalized spacial score (nSPS) is 10.3. The predicted octanol–water partition coefficient (Wildman–Crippen LogP) is 3.37. The SMILES string of the molecule is Cc1cccc(-c2cc(C(=O)O)ccc2O)c1C. The van der Waals surface area contributed by atoms with E-state index in [1.54, 1.807) is 0 Å². The second-order valence-corrected chi connectivity index (χ2v) is 4.28. The number of phenols is 1. The molecule has 92 valence electrons. The maximum absolute atomic E-state index is 11.0. The molecule has 2 N–H and O–H groups in total. The number of carboxylic acids is 1. The van der Waals surface area contributed by atoms with Gasteiger partial charge in [0.1, 0.15) is 5.75 Å². The lowest BCUT2D eigenvalue weighted by Crippen LogP contribution is -1.97. The molecule has 0 heterocycles. The van der Waals surface area contributed by atoms with Crippen molar-refractivity contribution >= 4 is 5.97 Å². The minimum atomic E-state index is -0.999. The van der Waals surface area contributed by atoms with Crippen molar-refractivity contribution in [3.63, 3.8) is 0 Å². The average Bonchev–Trinajstić information content (AvgIpc) is 2.33. The molecule has 0 aromatic heterocycles. The van der Waals surface area contributed by atoms with E-state index >= 15 is 0 Å². The van der Waals surface area contributed by atoms with Gasteiger partial charge in [0.2, 0.25) is 0 Å². The number of hydrogen-bond acceptors (Lipinski definition) is 2. The summed E-state index contributed by atoms with van der Waals surface area (Å²) in [6.45, 7) is 3.94. The van der Waals surface area contributed by atoms with Crippen molar-refractivity contribution in [1.82, 2.24) is 0 Å². The molecular weight excluding hydrogens is 228 g/mol. The van der Waals surface area contributed by atoms with Gasteiger partial charge < -0.3 is 10.2 Å². The summed E-state index contributed by atoms with van der Waals surface area (Å²) in [6, 6.07) is 10.1. The van der Waals surface area contributed by atoms with E-state index in [1.165, 1.54) is 18.2 Å². The van der Waals surface area contributed by atoms with Crippen LogP contribution in [0.1, 0.15) is 21.5 Å². The first kappa shape index (κ1) is 12.2. The Morgan fingerprint density at radius 1 is 1.06 bits per heavy atom. The highest BCUT2D eigenvalue weighted by Crippen LogP contribution is 2.33. The smallest absolute Gasteiger partial charge is 0.335 e. The summed E-state index contributed by atoms with van der Waals surface area (Å²) in [4.78, 5) is 11.0. The van der Waals surface area contributed by atoms with Crippen molar-refractivity contribution in [2.75, 3.05) is 0 Å². The van der Waals surface area contributed by atoms with Crippen LogP contribution in [0, 0.1) is 13.8 Å². The Morgan fingerprint density at radius 3 is 2.44 bits per heavy atom. The highest BCUT2D eigenvalue weighted by molar-refractivity contribution is 5.90. The van der Waals surface area contributed by atoms with Gasteiger partial charge >= 0.3 is 5.97 Å². The van der Waals surface area contributed by atoms with Crippen LogP contribution in [-0.4, -0.2) is 16.2 Å². The molecule has 0 aliphatic carbocycles. The van der Waals surface area contributed by atoms with E-state index in [-0.39, 0.29) is 11.3 Å². The maximum Gasteiger partial charge on any atom is 0.335 e. The highest BCUT2D eigenvalue weighted by Gasteiger charge is 2.11. The van der Waals surface area contributed by atoms with E-state index in [0.717, 1.165) is 16.7 Å². The average molecular weight is 242 g/mol. The molecule has 2 aromatic rings. The quantitative estimate of drug-likeness (QED) is 0.848. The Morgan fingerprint density at radius 2 is 1.78 bits per heavy atom. The summed E-state index contributed by atoms with van der Waals surface area (Å²) in [6.07, 6.45) is 0. The molecule has 0 bridgehead atoms. The molecule has 0 saturated carbocycles. The van der Waals surface area contributed by atoms with E-state index < -0.39 is 5.97 Å². The molecule has 18 heavy (non-hydrogen) atoms. The molecule has 0 unspecified atom stereocenters. The molecular formula is C15H14O3. The Kier molecular flexibility index (Phi) is 3.06. The van der Waals surface area contributed by atoms with Crippen molar-refractivity contribution < 1.29 is 15.0 Å². The molecule has 0 fully saturated rings. The van der Waals surface area contributed by atoms with Gasteiger partial charge in [-0.15, -0.1) is 0 Å². The van der Waals surface area contributed by atoms with Crippen LogP contribution < -0.4 is 0 Å². The van der Waals surface area contributed by atoms with Crippen molar-refractivity contribution in [2.45, 2.75) is 13.8 Å². The van der Waals surface area contributed by atoms with Crippen molar-refractivity contribution in [3.05, 3.63) is 53.1 Å². The number of rotatable bonds is 2. The number of phenolic OH excluding ortho intramolecular Hbond substituents is 1. The van der Waals surface area contributed by atoms with E-state index in [4.69, 9.17) is 5.11 Å². The van der Waals surface area contributed by atoms with Gasteiger partial charge in [-0.2, -0.15) is 0 Å². The largest absolute Gasteiger partial charge is 0.507 e. The van der Waals surface area contributed by atoms with Crippen LogP contribution in [0.4, 0.5) is 0 Å². The Hall–Kier alpha value is -2.29. The Labute approximate surface area is 105 Å². The molecule has 0 aliphatic heterocycles. The van der Waals surface area contributed by atoms with Gasteiger partial charge in [-0.25, -0.2) is 4.79 Å². The second kappa shape index (κ2) is 4.53. The van der Waals surface area contributed by atoms with Crippen LogP contribution in [-0.2, 0) is 0 Å². The van der Waals surface area contributed by atoms with Crippen molar-refractivity contribution in [1.29, 1.82) is 0 Å². The van der Waals surface area contributed by atoms with Crippen LogP contribution in [0.5, 0.6) is 5.75 Å². The van der Waals surface area contributed by atoms with Gasteiger partial charge in [0, 0.05) is 5.56 Å². The summed E-state index contributed by atoms with van der Waals surface area (Å²) in [5.41, 5.74) is 3.72. The number of aryl methyl sites for hydroxylation is 1. The fraction of sp³-hybridized carbons (Fsp3) is 0.133. The predicted molar refractivity (Wildman–Crippen MR) is 70.0 cm³/mol. The molecule has 0 spiro atoms. The highest BCUT2D eigenvalue weighted by atomic mass is 16.4. The molecule has 3 nitrogen and oxygen atoms in total. The molecule has 0 radical (unpaired) electrons. The molecule has 0 aliphatic rings. The van der Waals surface area contributed by atoms with E-state index in [9.17, 15) is 9.90 Å². The molecule has 3 heteroatoms. The lowest BCUT2D eigenvalue weighted by atomic mass is 9.95. The minimum absolute atomic E-state index is 0.0914. The zero-order valence-corrected chi connectivity index (χ0v) is 10.3. The van der Waals surface area contributed by atoms with Crippen molar-refractivity contribution in [3.8, 4) is 16.9 Å². The maximum atomic E-state index is 11.0. The third-order valence-corrected chi connectivity index (χ3v) is 3.14. The first-order chi connectivity index (χ1) is 8.50. The van der Waals surface area contributed by atoms with Crippen LogP contribution >= 0.6 is 0 Å². The van der Waals surface area contributed by atoms with Crippen LogP contribution in [0.25, 0.3) is 11.1 Å². The lowest BCUT2D eigenvalue weighted by Gasteiger charge is -2.11. The van der Waals surface area contributed by atoms with E-state index in [1.807, 2.05) is 32.0 Å². The monoisotopic (exact) mass is 242 g/mol. The fourth-order valence-electron chi connectivity index (χ4n) is 1.93. The first-order valence-electron chi connectivity index (χ1n) is 5.63. The molecule has 2 rings (SSSR count). The number of hydrogen-bond donors (Lipinski definition) is 2. The first-order valence-corrected chi connectivity index (χ1v) is 5.63. The summed E-state index contributed by atoms with van der Waals surface area (Å²) < 4.78 is 0. The number of carboxylic acid groups (broad SMARTS) is 1. The summed E-state index contributed by atoms with van der Waals surface area (Å²) in [7, 11) is 0. The molecule has 0 amide bonds. The number of benzene rings is 2. The van der Waals surface area contributed by atoms with Crippen molar-refractivity contribution in [2.24, 2.45) is 0 Å². The van der Waals surface area contributed by atoms with Gasteiger partial charge in [-0.05, 0) is 48.7 Å². The van der Waals surface area contributed by atoms with E-state index in [0.29, 0.717) is 5.56 Å². The second-order valence-electron chi connectivity index (χ2n) is 4.28. The Balaban J connectivity index is 2.66. The standard InChI is InChI=1S/C15H14O3/c1-9-4-3-5-12(10(9)2)13-8-11(15(17)18)6-7-14(13)16/h3-8,16H,1-2H3,(H,17,18). The third-order valence-electron chi connectivity index (χ3n) is 3.14. The van der Waals surface area contributed by atoms with Gasteiger partial charge in [0.05, 0.1) is 5.56 Å². The minimum Gasteiger partial charge on any atom is -0.507 e. The van der Waals surface area contributed by atoms with Gasteiger partial charge in [-0.3, -0.25) is 0 Å². The van der Waals surface area contributed by atoms with E-state index in [2.05, 4.69) is 0 Å². The lowest BCUT2D eigenvalue weighted by molar-refractivity contribution is 0.0697. The van der Waals surface area contributed by atoms with Gasteiger partial charge in [0.25, 0.3) is 0 Å². The zero-order valence-electron chi connectivity index (χ0n) is 10.3.